The predicted molar refractivity (Wildman–Crippen MR) is 119 cm³/mol. The van der Waals surface area contributed by atoms with Gasteiger partial charge in [0.1, 0.15) is 5.75 Å². The quantitative estimate of drug-likeness (QED) is 0.258. The van der Waals surface area contributed by atoms with Gasteiger partial charge < -0.3 is 9.84 Å². The lowest BCUT2D eigenvalue weighted by Crippen LogP contribution is -2.33. The molecule has 0 spiro atoms. The summed E-state index contributed by atoms with van der Waals surface area (Å²) in [5.41, 5.74) is 1.20. The highest BCUT2D eigenvalue weighted by molar-refractivity contribution is 6.07. The molecule has 4 heteroatoms. The van der Waals surface area contributed by atoms with Crippen LogP contribution in [0.2, 0.25) is 0 Å². The van der Waals surface area contributed by atoms with Gasteiger partial charge >= 0.3 is 11.9 Å². The average Bonchev–Trinajstić information content (AvgIpc) is 2.72. The molecule has 3 aromatic rings. The summed E-state index contributed by atoms with van der Waals surface area (Å²) in [6, 6.07) is 16.1. The van der Waals surface area contributed by atoms with Gasteiger partial charge in [0.2, 0.25) is 0 Å². The molecule has 0 aliphatic heterocycles. The predicted octanol–water partition coefficient (Wildman–Crippen LogP) is 5.86. The van der Waals surface area contributed by atoms with E-state index in [0.717, 1.165) is 21.5 Å². The molecule has 1 N–H and O–H groups in total. The van der Waals surface area contributed by atoms with Crippen molar-refractivity contribution in [2.45, 2.75) is 39.0 Å². The fourth-order valence-corrected chi connectivity index (χ4v) is 4.13. The Bertz CT molecular complexity index is 1170. The van der Waals surface area contributed by atoms with Crippen molar-refractivity contribution in [2.75, 3.05) is 0 Å². The molecular weight excluding hydrogens is 376 g/mol. The molecule has 0 saturated heterocycles. The van der Waals surface area contributed by atoms with Gasteiger partial charge in [-0.15, -0.1) is 0 Å². The van der Waals surface area contributed by atoms with Gasteiger partial charge in [0.05, 0.1) is 11.8 Å². The second-order valence-corrected chi connectivity index (χ2v) is 9.03. The summed E-state index contributed by atoms with van der Waals surface area (Å²) in [7, 11) is 0. The van der Waals surface area contributed by atoms with Crippen LogP contribution in [0.3, 0.4) is 0 Å². The second-order valence-electron chi connectivity index (χ2n) is 9.03. The lowest BCUT2D eigenvalue weighted by atomic mass is 9.83. The molecule has 4 nitrogen and oxygen atoms in total. The second kappa shape index (κ2) is 7.60. The third-order valence-electron chi connectivity index (χ3n) is 5.93. The largest absolute Gasteiger partial charge is 0.481 e. The number of allylic oxidation sites excluding steroid dienone is 2. The molecule has 154 valence electrons. The highest BCUT2D eigenvalue weighted by atomic mass is 16.5. The van der Waals surface area contributed by atoms with Crippen LogP contribution < -0.4 is 4.74 Å². The van der Waals surface area contributed by atoms with Crippen LogP contribution in [0.4, 0.5) is 0 Å². The molecule has 30 heavy (non-hydrogen) atoms. The van der Waals surface area contributed by atoms with Gasteiger partial charge in [-0.1, -0.05) is 75.4 Å². The zero-order chi connectivity index (χ0) is 21.5. The van der Waals surface area contributed by atoms with Crippen molar-refractivity contribution in [2.24, 2.45) is 11.8 Å². The van der Waals surface area contributed by atoms with Gasteiger partial charge in [0, 0.05) is 10.8 Å². The van der Waals surface area contributed by atoms with Crippen molar-refractivity contribution in [3.63, 3.8) is 0 Å². The number of hydrogen-bond acceptors (Lipinski definition) is 3. The Kier molecular flexibility index (Phi) is 5.10. The lowest BCUT2D eigenvalue weighted by Gasteiger charge is -2.24. The number of hydrogen-bond donors (Lipinski definition) is 1. The minimum Gasteiger partial charge on any atom is -0.481 e. The third-order valence-corrected chi connectivity index (χ3v) is 5.93. The summed E-state index contributed by atoms with van der Waals surface area (Å²) in [5.74, 6) is -2.37. The summed E-state index contributed by atoms with van der Waals surface area (Å²) < 4.78 is 5.95. The van der Waals surface area contributed by atoms with Gasteiger partial charge in [-0.05, 0) is 40.7 Å². The summed E-state index contributed by atoms with van der Waals surface area (Å²) in [6.07, 6.45) is 4.42. The van der Waals surface area contributed by atoms with E-state index in [0.29, 0.717) is 18.6 Å². The zero-order valence-electron chi connectivity index (χ0n) is 17.5. The topological polar surface area (TPSA) is 63.6 Å². The number of esters is 1. The highest BCUT2D eigenvalue weighted by Gasteiger charge is 2.35. The molecule has 3 aromatic carbocycles. The molecule has 0 amide bonds. The van der Waals surface area contributed by atoms with Crippen LogP contribution in [-0.2, 0) is 15.0 Å². The van der Waals surface area contributed by atoms with Crippen molar-refractivity contribution in [3.8, 4) is 5.75 Å². The molecule has 0 bridgehead atoms. The van der Waals surface area contributed by atoms with Gasteiger partial charge in [0.25, 0.3) is 0 Å². The minimum atomic E-state index is -0.959. The number of fused-ring (bicyclic) bond motifs is 2. The number of carbonyl (C=O) groups is 2. The molecule has 2 atom stereocenters. The molecule has 4 rings (SSSR count). The van der Waals surface area contributed by atoms with E-state index in [-0.39, 0.29) is 5.41 Å². The number of carbonyl (C=O) groups excluding carboxylic acids is 1. The van der Waals surface area contributed by atoms with E-state index in [1.807, 2.05) is 42.5 Å². The molecule has 1 aliphatic rings. The van der Waals surface area contributed by atoms with E-state index in [1.165, 1.54) is 5.56 Å². The fourth-order valence-electron chi connectivity index (χ4n) is 4.13. The Morgan fingerprint density at radius 3 is 2.27 bits per heavy atom. The van der Waals surface area contributed by atoms with Crippen LogP contribution in [0, 0.1) is 11.8 Å². The monoisotopic (exact) mass is 402 g/mol. The van der Waals surface area contributed by atoms with E-state index < -0.39 is 23.8 Å². The minimum absolute atomic E-state index is 0.000183. The van der Waals surface area contributed by atoms with Crippen molar-refractivity contribution in [1.29, 1.82) is 0 Å². The van der Waals surface area contributed by atoms with Crippen LogP contribution in [-0.4, -0.2) is 17.0 Å². The Morgan fingerprint density at radius 1 is 0.900 bits per heavy atom. The van der Waals surface area contributed by atoms with Gasteiger partial charge in [0.15, 0.2) is 0 Å². The molecule has 2 unspecified atom stereocenters. The van der Waals surface area contributed by atoms with E-state index >= 15 is 0 Å². The van der Waals surface area contributed by atoms with Gasteiger partial charge in [-0.25, -0.2) is 0 Å². The number of rotatable bonds is 3. The summed E-state index contributed by atoms with van der Waals surface area (Å²) >= 11 is 0. The molecule has 1 aliphatic carbocycles. The summed E-state index contributed by atoms with van der Waals surface area (Å²) in [4.78, 5) is 24.7. The molecular formula is C26H26O4. The maximum Gasteiger partial charge on any atom is 0.315 e. The molecule has 0 fully saturated rings. The maximum atomic E-state index is 13.1. The number of ether oxygens (including phenoxy) is 1. The van der Waals surface area contributed by atoms with Crippen LogP contribution in [0.15, 0.2) is 60.7 Å². The standard InChI is InChI=1S/C26H26O4/c1-26(2,3)18-12-13-20-17(15-18)14-16-8-4-5-9-19(16)23(20)30-25(29)22-11-7-6-10-21(22)24(27)28/h4-9,12-15,21-22H,10-11H2,1-3H3,(H,27,28). The Morgan fingerprint density at radius 2 is 1.57 bits per heavy atom. The Labute approximate surface area is 176 Å². The molecule has 0 radical (unpaired) electrons. The molecule has 0 aromatic heterocycles. The summed E-state index contributed by atoms with van der Waals surface area (Å²) in [6.45, 7) is 6.50. The maximum absolute atomic E-state index is 13.1. The van der Waals surface area contributed by atoms with Crippen molar-refractivity contribution in [1.82, 2.24) is 0 Å². The van der Waals surface area contributed by atoms with Crippen molar-refractivity contribution in [3.05, 3.63) is 66.2 Å². The smallest absolute Gasteiger partial charge is 0.315 e. The van der Waals surface area contributed by atoms with Crippen LogP contribution in [0.5, 0.6) is 5.75 Å². The first-order valence-electron chi connectivity index (χ1n) is 10.3. The lowest BCUT2D eigenvalue weighted by molar-refractivity contribution is -0.152. The zero-order valence-corrected chi connectivity index (χ0v) is 17.5. The number of carboxylic acid groups (broad SMARTS) is 1. The van der Waals surface area contributed by atoms with E-state index in [2.05, 4.69) is 39.0 Å². The molecule has 0 heterocycles. The van der Waals surface area contributed by atoms with Crippen molar-refractivity contribution < 1.29 is 19.4 Å². The Hall–Kier alpha value is -3.14. The first-order chi connectivity index (χ1) is 14.3. The average molecular weight is 402 g/mol. The van der Waals surface area contributed by atoms with Crippen molar-refractivity contribution >= 4 is 33.5 Å². The number of carboxylic acids is 1. The molecule has 0 saturated carbocycles. The van der Waals surface area contributed by atoms with E-state index in [1.54, 1.807) is 0 Å². The fraction of sp³-hybridized carbons (Fsp3) is 0.308. The summed E-state index contributed by atoms with van der Waals surface area (Å²) in [5, 5.41) is 13.2. The number of aliphatic carboxylic acids is 1. The third kappa shape index (κ3) is 3.70. The first-order valence-corrected chi connectivity index (χ1v) is 10.3. The highest BCUT2D eigenvalue weighted by Crippen LogP contribution is 2.38. The van der Waals surface area contributed by atoms with Crippen LogP contribution in [0.25, 0.3) is 21.5 Å². The van der Waals surface area contributed by atoms with E-state index in [4.69, 9.17) is 4.74 Å². The first kappa shape index (κ1) is 20.1. The van der Waals surface area contributed by atoms with Crippen LogP contribution >= 0.6 is 0 Å². The van der Waals surface area contributed by atoms with Gasteiger partial charge in [-0.2, -0.15) is 0 Å². The number of benzene rings is 3. The normalized spacial score (nSPS) is 19.2. The van der Waals surface area contributed by atoms with Crippen LogP contribution in [0.1, 0.15) is 39.2 Å². The Balaban J connectivity index is 1.82. The SMILES string of the molecule is CC(C)(C)c1ccc2c(OC(=O)C3CC=CCC3C(=O)O)c3ccccc3cc2c1. The van der Waals surface area contributed by atoms with Gasteiger partial charge in [-0.3, -0.25) is 9.59 Å². The van der Waals surface area contributed by atoms with E-state index in [9.17, 15) is 14.7 Å².